The zero-order valence-electron chi connectivity index (χ0n) is 15.8. The first-order valence-electron chi connectivity index (χ1n) is 8.77. The van der Waals surface area contributed by atoms with Gasteiger partial charge in [-0.2, -0.15) is 0 Å². The van der Waals surface area contributed by atoms with E-state index in [9.17, 15) is 9.59 Å². The number of benzene rings is 2. The largest absolute Gasteiger partial charge is 0.495 e. The Kier molecular flexibility index (Phi) is 6.78. The molecule has 0 saturated heterocycles. The van der Waals surface area contributed by atoms with Crippen molar-refractivity contribution in [3.63, 3.8) is 0 Å². The van der Waals surface area contributed by atoms with Crippen LogP contribution in [-0.2, 0) is 16.0 Å². The lowest BCUT2D eigenvalue weighted by atomic mass is 10.1. The first-order chi connectivity index (χ1) is 12.5. The third-order valence-electron chi connectivity index (χ3n) is 4.32. The number of carbonyl (C=O) groups excluding carboxylic acids is 2. The van der Waals surface area contributed by atoms with Crippen LogP contribution in [-0.4, -0.2) is 25.5 Å². The maximum atomic E-state index is 12.5. The molecule has 0 heterocycles. The first kappa shape index (κ1) is 19.5. The van der Waals surface area contributed by atoms with E-state index in [1.165, 1.54) is 6.92 Å². The van der Waals surface area contributed by atoms with Crippen LogP contribution in [0.15, 0.2) is 42.5 Å². The normalized spacial score (nSPS) is 10.3. The number of aryl methyl sites for hydroxylation is 2. The van der Waals surface area contributed by atoms with Crippen LogP contribution in [0.5, 0.6) is 5.75 Å². The molecule has 2 rings (SSSR count). The fraction of sp³-hybridized carbons (Fsp3) is 0.333. The van der Waals surface area contributed by atoms with Crippen molar-refractivity contribution in [2.24, 2.45) is 0 Å². The minimum absolute atomic E-state index is 0.116. The van der Waals surface area contributed by atoms with Crippen molar-refractivity contribution in [3.05, 3.63) is 53.6 Å². The van der Waals surface area contributed by atoms with Gasteiger partial charge >= 0.3 is 0 Å². The van der Waals surface area contributed by atoms with Gasteiger partial charge in [0.25, 0.3) is 0 Å². The quantitative estimate of drug-likeness (QED) is 0.819. The van der Waals surface area contributed by atoms with E-state index in [1.54, 1.807) is 18.1 Å². The van der Waals surface area contributed by atoms with Crippen molar-refractivity contribution in [3.8, 4) is 5.75 Å². The van der Waals surface area contributed by atoms with Crippen LogP contribution in [0.4, 0.5) is 11.4 Å². The Labute approximate surface area is 155 Å². The number of hydrogen-bond acceptors (Lipinski definition) is 3. The van der Waals surface area contributed by atoms with E-state index < -0.39 is 0 Å². The summed E-state index contributed by atoms with van der Waals surface area (Å²) >= 11 is 0. The minimum Gasteiger partial charge on any atom is -0.495 e. The Hall–Kier alpha value is -2.82. The molecule has 0 unspecified atom stereocenters. The second-order valence-electron chi connectivity index (χ2n) is 6.10. The van der Waals surface area contributed by atoms with Crippen LogP contribution < -0.4 is 15.0 Å². The van der Waals surface area contributed by atoms with E-state index in [0.29, 0.717) is 11.4 Å². The van der Waals surface area contributed by atoms with Gasteiger partial charge in [-0.25, -0.2) is 0 Å². The maximum Gasteiger partial charge on any atom is 0.226 e. The van der Waals surface area contributed by atoms with Gasteiger partial charge in [-0.15, -0.1) is 0 Å². The third-order valence-corrected chi connectivity index (χ3v) is 4.32. The fourth-order valence-electron chi connectivity index (χ4n) is 2.92. The summed E-state index contributed by atoms with van der Waals surface area (Å²) < 4.78 is 5.33. The molecule has 1 N–H and O–H groups in total. The molecule has 0 atom stereocenters. The Morgan fingerprint density at radius 2 is 1.85 bits per heavy atom. The Bertz CT molecular complexity index is 787. The molecule has 0 aliphatic heterocycles. The van der Waals surface area contributed by atoms with Gasteiger partial charge in [-0.3, -0.25) is 9.59 Å². The van der Waals surface area contributed by atoms with Crippen LogP contribution in [0, 0.1) is 6.92 Å². The molecule has 2 aromatic carbocycles. The van der Waals surface area contributed by atoms with Gasteiger partial charge in [0.1, 0.15) is 5.75 Å². The molecular formula is C21H26N2O3. The minimum atomic E-state index is -0.132. The number of para-hydroxylation sites is 3. The highest BCUT2D eigenvalue weighted by Gasteiger charge is 2.17. The summed E-state index contributed by atoms with van der Waals surface area (Å²) in [5, 5.41) is 3.00. The second kappa shape index (κ2) is 9.04. The molecule has 0 aliphatic carbocycles. The van der Waals surface area contributed by atoms with E-state index in [2.05, 4.69) is 12.2 Å². The zero-order chi connectivity index (χ0) is 19.1. The average molecular weight is 354 g/mol. The summed E-state index contributed by atoms with van der Waals surface area (Å²) in [7, 11) is 1.56. The zero-order valence-corrected chi connectivity index (χ0v) is 15.8. The number of rotatable bonds is 7. The summed E-state index contributed by atoms with van der Waals surface area (Å²) in [5.41, 5.74) is 3.67. The van der Waals surface area contributed by atoms with Gasteiger partial charge < -0.3 is 15.0 Å². The molecule has 0 fully saturated rings. The summed E-state index contributed by atoms with van der Waals surface area (Å²) in [4.78, 5) is 26.1. The molecule has 0 radical (unpaired) electrons. The van der Waals surface area contributed by atoms with Crippen LogP contribution in [0.25, 0.3) is 0 Å². The van der Waals surface area contributed by atoms with Crippen molar-refractivity contribution < 1.29 is 14.3 Å². The summed E-state index contributed by atoms with van der Waals surface area (Å²) in [6, 6.07) is 13.3. The van der Waals surface area contributed by atoms with Gasteiger partial charge in [0.05, 0.1) is 12.8 Å². The molecule has 26 heavy (non-hydrogen) atoms. The molecule has 5 nitrogen and oxygen atoms in total. The van der Waals surface area contributed by atoms with Crippen molar-refractivity contribution in [1.29, 1.82) is 0 Å². The van der Waals surface area contributed by atoms with E-state index in [0.717, 1.165) is 23.2 Å². The standard InChI is InChI=1S/C21H26N2O3/c1-5-17-10-8-9-15(2)21(17)22-20(25)13-14-23(16(3)24)18-11-6-7-12-19(18)26-4/h6-12H,5,13-14H2,1-4H3,(H,22,25). The molecule has 0 bridgehead atoms. The number of methoxy groups -OCH3 is 1. The maximum absolute atomic E-state index is 12.5. The number of amides is 2. The van der Waals surface area contributed by atoms with Crippen molar-refractivity contribution >= 4 is 23.2 Å². The summed E-state index contributed by atoms with van der Waals surface area (Å²) in [6.07, 6.45) is 1.05. The van der Waals surface area contributed by atoms with E-state index >= 15 is 0 Å². The van der Waals surface area contributed by atoms with Crippen molar-refractivity contribution in [2.45, 2.75) is 33.6 Å². The van der Waals surface area contributed by atoms with Crippen LogP contribution in [0.3, 0.4) is 0 Å². The monoisotopic (exact) mass is 354 g/mol. The van der Waals surface area contributed by atoms with Crippen LogP contribution in [0.1, 0.15) is 31.4 Å². The summed E-state index contributed by atoms with van der Waals surface area (Å²) in [6.45, 7) is 5.81. The molecular weight excluding hydrogens is 328 g/mol. The predicted octanol–water partition coefficient (Wildman–Crippen LogP) is 3.95. The lowest BCUT2D eigenvalue weighted by molar-refractivity contribution is -0.117. The molecule has 5 heteroatoms. The fourth-order valence-corrected chi connectivity index (χ4v) is 2.92. The lowest BCUT2D eigenvalue weighted by Crippen LogP contribution is -2.32. The number of hydrogen-bond donors (Lipinski definition) is 1. The van der Waals surface area contributed by atoms with E-state index in [-0.39, 0.29) is 24.8 Å². The first-order valence-corrected chi connectivity index (χ1v) is 8.77. The Morgan fingerprint density at radius 3 is 2.50 bits per heavy atom. The second-order valence-corrected chi connectivity index (χ2v) is 6.10. The molecule has 2 amide bonds. The van der Waals surface area contributed by atoms with Gasteiger partial charge in [0, 0.05) is 25.6 Å². The molecule has 0 spiro atoms. The average Bonchev–Trinajstić information content (AvgIpc) is 2.63. The molecule has 0 saturated carbocycles. The van der Waals surface area contributed by atoms with E-state index in [4.69, 9.17) is 4.74 Å². The smallest absolute Gasteiger partial charge is 0.226 e. The van der Waals surface area contributed by atoms with Gasteiger partial charge in [0.2, 0.25) is 11.8 Å². The highest BCUT2D eigenvalue weighted by atomic mass is 16.5. The van der Waals surface area contributed by atoms with Gasteiger partial charge in [-0.05, 0) is 36.6 Å². The molecule has 0 aromatic heterocycles. The number of nitrogens with one attached hydrogen (secondary N) is 1. The SMILES string of the molecule is CCc1cccc(C)c1NC(=O)CCN(C(C)=O)c1ccccc1OC. The Morgan fingerprint density at radius 1 is 1.12 bits per heavy atom. The molecule has 2 aromatic rings. The van der Waals surface area contributed by atoms with Crippen molar-refractivity contribution in [1.82, 2.24) is 0 Å². The topological polar surface area (TPSA) is 58.6 Å². The van der Waals surface area contributed by atoms with Crippen LogP contribution >= 0.6 is 0 Å². The summed E-state index contributed by atoms with van der Waals surface area (Å²) in [5.74, 6) is 0.359. The number of anilines is 2. The van der Waals surface area contributed by atoms with Crippen LogP contribution in [0.2, 0.25) is 0 Å². The number of ether oxygens (including phenoxy) is 1. The highest BCUT2D eigenvalue weighted by molar-refractivity contribution is 5.96. The van der Waals surface area contributed by atoms with Gasteiger partial charge in [0.15, 0.2) is 0 Å². The number of nitrogens with zero attached hydrogens (tertiary/aromatic N) is 1. The molecule has 138 valence electrons. The third kappa shape index (κ3) is 4.63. The van der Waals surface area contributed by atoms with Gasteiger partial charge in [-0.1, -0.05) is 37.3 Å². The molecule has 0 aliphatic rings. The van der Waals surface area contributed by atoms with E-state index in [1.807, 2.05) is 43.3 Å². The Balaban J connectivity index is 2.10. The lowest BCUT2D eigenvalue weighted by Gasteiger charge is -2.23. The highest BCUT2D eigenvalue weighted by Crippen LogP contribution is 2.28. The van der Waals surface area contributed by atoms with Crippen molar-refractivity contribution in [2.75, 3.05) is 23.9 Å². The predicted molar refractivity (Wildman–Crippen MR) is 105 cm³/mol. The number of carbonyl (C=O) groups is 2.